The topological polar surface area (TPSA) is 51.7 Å². The van der Waals surface area contributed by atoms with E-state index in [1.807, 2.05) is 0 Å². The van der Waals surface area contributed by atoms with E-state index in [4.69, 9.17) is 4.74 Å². The lowest BCUT2D eigenvalue weighted by Gasteiger charge is -2.25. The largest absolute Gasteiger partial charge is 0.481 e. The zero-order valence-electron chi connectivity index (χ0n) is 21.7. The molecule has 234 valence electrons. The van der Waals surface area contributed by atoms with Gasteiger partial charge < -0.3 is 9.47 Å². The predicted molar refractivity (Wildman–Crippen MR) is 124 cm³/mol. The van der Waals surface area contributed by atoms with Crippen LogP contribution in [-0.4, -0.2) is 30.2 Å². The Morgan fingerprint density at radius 1 is 0.674 bits per heavy atom. The number of aromatic nitrogens is 1. The predicted octanol–water partition coefficient (Wildman–Crippen LogP) is 8.60. The molecule has 0 saturated heterocycles. The molecule has 0 radical (unpaired) electrons. The van der Waals surface area contributed by atoms with Gasteiger partial charge in [-0.05, 0) is 53.1 Å². The first-order valence-electron chi connectivity index (χ1n) is 11.6. The third-order valence-corrected chi connectivity index (χ3v) is 5.91. The molecule has 43 heavy (non-hydrogen) atoms. The van der Waals surface area contributed by atoms with Crippen molar-refractivity contribution in [2.24, 2.45) is 0 Å². The molecule has 0 spiro atoms. The SMILES string of the molecule is COC(=O)N(Cc1cc(C(F)(F)F)cc(C(F)(F)F)c1)Cc1cc(C(F)(F)F)ccc1-c1cc(C(F)(F)F)cnc1OC. The molecule has 0 aliphatic heterocycles. The van der Waals surface area contributed by atoms with Crippen LogP contribution in [0.25, 0.3) is 11.1 Å². The number of hydrogen-bond donors (Lipinski definition) is 0. The summed E-state index contributed by atoms with van der Waals surface area (Å²) in [6, 6.07) is 2.70. The third kappa shape index (κ3) is 8.01. The van der Waals surface area contributed by atoms with Crippen molar-refractivity contribution in [3.05, 3.63) is 82.0 Å². The van der Waals surface area contributed by atoms with Gasteiger partial charge in [0.25, 0.3) is 0 Å². The smallest absolute Gasteiger partial charge is 0.417 e. The van der Waals surface area contributed by atoms with Crippen molar-refractivity contribution in [3.63, 3.8) is 0 Å². The number of hydrogen-bond acceptors (Lipinski definition) is 4. The standard InChI is InChI=1S/C26H18F12N2O3/c1-42-21-20(9-18(10-39-21)26(36,37)38)19-4-3-15(23(27,28)29)7-14(19)12-40(22(41)43-2)11-13-5-16(24(30,31)32)8-17(6-13)25(33,34)35/h3-10H,11-12H2,1-2H3. The lowest BCUT2D eigenvalue weighted by atomic mass is 9.96. The molecule has 5 nitrogen and oxygen atoms in total. The van der Waals surface area contributed by atoms with Crippen molar-refractivity contribution in [2.75, 3.05) is 14.2 Å². The molecule has 1 aromatic heterocycles. The van der Waals surface area contributed by atoms with Crippen molar-refractivity contribution >= 4 is 6.09 Å². The average Bonchev–Trinajstić information content (AvgIpc) is 2.89. The first kappa shape index (κ1) is 33.3. The highest BCUT2D eigenvalue weighted by Gasteiger charge is 2.38. The Balaban J connectivity index is 2.21. The van der Waals surface area contributed by atoms with Gasteiger partial charge in [-0.1, -0.05) is 6.07 Å². The summed E-state index contributed by atoms with van der Waals surface area (Å²) in [4.78, 5) is 16.6. The molecule has 0 bridgehead atoms. The van der Waals surface area contributed by atoms with Gasteiger partial charge in [0.2, 0.25) is 5.88 Å². The summed E-state index contributed by atoms with van der Waals surface area (Å²) in [6.07, 6.45) is -21.4. The molecular formula is C26H18F12N2O3. The molecule has 0 aliphatic carbocycles. The van der Waals surface area contributed by atoms with Crippen LogP contribution in [0.1, 0.15) is 33.4 Å². The summed E-state index contributed by atoms with van der Waals surface area (Å²) in [5.74, 6) is -0.466. The van der Waals surface area contributed by atoms with Gasteiger partial charge in [-0.3, -0.25) is 4.90 Å². The monoisotopic (exact) mass is 634 g/mol. The van der Waals surface area contributed by atoms with E-state index in [2.05, 4.69) is 9.72 Å². The molecule has 0 aliphatic rings. The molecule has 3 aromatic rings. The van der Waals surface area contributed by atoms with E-state index in [1.165, 1.54) is 0 Å². The quantitative estimate of drug-likeness (QED) is 0.255. The molecule has 0 N–H and O–H groups in total. The highest BCUT2D eigenvalue weighted by atomic mass is 19.4. The Hall–Kier alpha value is -4.18. The second-order valence-corrected chi connectivity index (χ2v) is 8.89. The van der Waals surface area contributed by atoms with Gasteiger partial charge in [-0.15, -0.1) is 0 Å². The Morgan fingerprint density at radius 3 is 1.67 bits per heavy atom. The third-order valence-electron chi connectivity index (χ3n) is 5.91. The summed E-state index contributed by atoms with van der Waals surface area (Å²) < 4.78 is 171. The van der Waals surface area contributed by atoms with Crippen molar-refractivity contribution in [2.45, 2.75) is 37.8 Å². The highest BCUT2D eigenvalue weighted by Crippen LogP contribution is 2.40. The van der Waals surface area contributed by atoms with Crippen LogP contribution < -0.4 is 4.74 Å². The maximum atomic E-state index is 13.6. The first-order valence-corrected chi connectivity index (χ1v) is 11.6. The van der Waals surface area contributed by atoms with E-state index < -0.39 is 88.7 Å². The Morgan fingerprint density at radius 2 is 1.21 bits per heavy atom. The number of carbonyl (C=O) groups is 1. The number of rotatable bonds is 6. The fourth-order valence-corrected chi connectivity index (χ4v) is 3.98. The summed E-state index contributed by atoms with van der Waals surface area (Å²) in [5.41, 5.74) is -8.15. The van der Waals surface area contributed by atoms with Crippen LogP contribution >= 0.6 is 0 Å². The lowest BCUT2D eigenvalue weighted by Crippen LogP contribution is -2.30. The molecule has 1 amide bonds. The minimum Gasteiger partial charge on any atom is -0.481 e. The van der Waals surface area contributed by atoms with E-state index >= 15 is 0 Å². The van der Waals surface area contributed by atoms with E-state index in [0.29, 0.717) is 41.4 Å². The molecular weight excluding hydrogens is 616 g/mol. The number of ether oxygens (including phenoxy) is 2. The van der Waals surface area contributed by atoms with Crippen LogP contribution in [-0.2, 0) is 42.5 Å². The molecule has 0 unspecified atom stereocenters. The molecule has 1 heterocycles. The van der Waals surface area contributed by atoms with Gasteiger partial charge in [0, 0.05) is 24.8 Å². The maximum Gasteiger partial charge on any atom is 0.417 e. The van der Waals surface area contributed by atoms with Crippen LogP contribution in [0.2, 0.25) is 0 Å². The lowest BCUT2D eigenvalue weighted by molar-refractivity contribution is -0.143. The van der Waals surface area contributed by atoms with Gasteiger partial charge in [0.05, 0.1) is 36.5 Å². The van der Waals surface area contributed by atoms with Crippen LogP contribution in [0, 0.1) is 0 Å². The summed E-state index contributed by atoms with van der Waals surface area (Å²) >= 11 is 0. The summed E-state index contributed by atoms with van der Waals surface area (Å²) in [7, 11) is 1.80. The van der Waals surface area contributed by atoms with Crippen LogP contribution in [0.3, 0.4) is 0 Å². The molecule has 0 fully saturated rings. The second-order valence-electron chi connectivity index (χ2n) is 8.89. The summed E-state index contributed by atoms with van der Waals surface area (Å²) in [6.45, 7) is -2.00. The molecule has 0 atom stereocenters. The fourth-order valence-electron chi connectivity index (χ4n) is 3.98. The number of methoxy groups -OCH3 is 2. The minimum absolute atomic E-state index is 0.163. The molecule has 2 aromatic carbocycles. The van der Waals surface area contributed by atoms with Gasteiger partial charge in [-0.25, -0.2) is 9.78 Å². The molecule has 3 rings (SSSR count). The number of nitrogens with zero attached hydrogens (tertiary/aromatic N) is 2. The van der Waals surface area contributed by atoms with Crippen molar-refractivity contribution in [3.8, 4) is 17.0 Å². The first-order chi connectivity index (χ1) is 19.6. The number of halogens is 12. The van der Waals surface area contributed by atoms with E-state index in [9.17, 15) is 57.5 Å². The van der Waals surface area contributed by atoms with Gasteiger partial charge in [-0.2, -0.15) is 52.7 Å². The van der Waals surface area contributed by atoms with Gasteiger partial charge in [0.15, 0.2) is 0 Å². The molecule has 17 heteroatoms. The number of alkyl halides is 12. The Bertz CT molecular complexity index is 1450. The van der Waals surface area contributed by atoms with Crippen LogP contribution in [0.4, 0.5) is 57.5 Å². The van der Waals surface area contributed by atoms with E-state index in [1.54, 1.807) is 0 Å². The van der Waals surface area contributed by atoms with Crippen molar-refractivity contribution in [1.29, 1.82) is 0 Å². The average molecular weight is 634 g/mol. The Labute approximate surface area is 234 Å². The van der Waals surface area contributed by atoms with Crippen LogP contribution in [0.15, 0.2) is 48.7 Å². The molecule has 0 saturated carbocycles. The summed E-state index contributed by atoms with van der Waals surface area (Å²) in [5, 5.41) is 0. The van der Waals surface area contributed by atoms with Gasteiger partial charge in [0.1, 0.15) is 0 Å². The highest BCUT2D eigenvalue weighted by molar-refractivity contribution is 5.74. The van der Waals surface area contributed by atoms with Crippen LogP contribution in [0.5, 0.6) is 5.88 Å². The van der Waals surface area contributed by atoms with Crippen molar-refractivity contribution < 1.29 is 67.0 Å². The number of amides is 1. The van der Waals surface area contributed by atoms with E-state index in [0.717, 1.165) is 20.3 Å². The second kappa shape index (κ2) is 11.8. The van der Waals surface area contributed by atoms with Gasteiger partial charge >= 0.3 is 30.8 Å². The number of pyridine rings is 1. The normalized spacial score (nSPS) is 12.7. The Kier molecular flexibility index (Phi) is 9.17. The fraction of sp³-hybridized carbons (Fsp3) is 0.308. The van der Waals surface area contributed by atoms with E-state index in [-0.39, 0.29) is 11.6 Å². The maximum absolute atomic E-state index is 13.6. The number of benzene rings is 2. The number of carbonyl (C=O) groups excluding carboxylic acids is 1. The zero-order valence-corrected chi connectivity index (χ0v) is 21.7. The van der Waals surface area contributed by atoms with Crippen molar-refractivity contribution in [1.82, 2.24) is 9.88 Å². The zero-order chi connectivity index (χ0) is 32.5. The minimum atomic E-state index is -5.24.